The van der Waals surface area contributed by atoms with Crippen LogP contribution in [0.3, 0.4) is 0 Å². The van der Waals surface area contributed by atoms with Gasteiger partial charge in [0.15, 0.2) is 0 Å². The third-order valence-corrected chi connectivity index (χ3v) is 3.07. The first-order valence-electron chi connectivity index (χ1n) is 5.16. The number of carbonyl (C=O) groups is 1. The molecule has 0 atom stereocenters. The number of carboxylic acids is 1. The zero-order valence-corrected chi connectivity index (χ0v) is 10.3. The van der Waals surface area contributed by atoms with Gasteiger partial charge in [-0.15, -0.1) is 0 Å². The molecule has 2 N–H and O–H groups in total. The number of rotatable bonds is 2. The van der Waals surface area contributed by atoms with Crippen molar-refractivity contribution in [2.75, 3.05) is 31.1 Å². The van der Waals surface area contributed by atoms with Crippen LogP contribution in [-0.4, -0.2) is 37.3 Å². The summed E-state index contributed by atoms with van der Waals surface area (Å²) in [4.78, 5) is 13.1. The number of halogens is 1. The average Bonchev–Trinajstić information content (AvgIpc) is 2.29. The van der Waals surface area contributed by atoms with Crippen molar-refractivity contribution in [1.29, 1.82) is 0 Å². The van der Waals surface area contributed by atoms with Crippen LogP contribution in [-0.2, 0) is 0 Å². The van der Waals surface area contributed by atoms with Gasteiger partial charge in [-0.05, 0) is 18.2 Å². The largest absolute Gasteiger partial charge is 0.478 e. The molecule has 86 valence electrons. The average molecular weight is 285 g/mol. The maximum absolute atomic E-state index is 10.9. The number of hydrogen-bond donors (Lipinski definition) is 2. The van der Waals surface area contributed by atoms with Gasteiger partial charge in [-0.25, -0.2) is 4.79 Å². The highest BCUT2D eigenvalue weighted by Gasteiger charge is 2.13. The fourth-order valence-corrected chi connectivity index (χ4v) is 2.28. The number of carboxylic acid groups (broad SMARTS) is 1. The summed E-state index contributed by atoms with van der Waals surface area (Å²) in [5.74, 6) is -0.891. The second-order valence-corrected chi connectivity index (χ2v) is 4.66. The van der Waals surface area contributed by atoms with Crippen molar-refractivity contribution in [3.63, 3.8) is 0 Å². The molecular formula is C11H13BrN2O2. The second-order valence-electron chi connectivity index (χ2n) is 3.74. The number of benzene rings is 1. The van der Waals surface area contributed by atoms with Crippen molar-refractivity contribution in [2.24, 2.45) is 0 Å². The van der Waals surface area contributed by atoms with Crippen molar-refractivity contribution in [3.8, 4) is 0 Å². The molecule has 1 heterocycles. The highest BCUT2D eigenvalue weighted by Crippen LogP contribution is 2.23. The minimum atomic E-state index is -0.891. The van der Waals surface area contributed by atoms with Crippen molar-refractivity contribution >= 4 is 27.6 Å². The van der Waals surface area contributed by atoms with E-state index in [-0.39, 0.29) is 0 Å². The van der Waals surface area contributed by atoms with Gasteiger partial charge in [-0.2, -0.15) is 0 Å². The summed E-state index contributed by atoms with van der Waals surface area (Å²) < 4.78 is 0.806. The summed E-state index contributed by atoms with van der Waals surface area (Å²) in [7, 11) is 0. The van der Waals surface area contributed by atoms with E-state index in [1.54, 1.807) is 12.1 Å². The lowest BCUT2D eigenvalue weighted by Crippen LogP contribution is -2.43. The summed E-state index contributed by atoms with van der Waals surface area (Å²) in [6, 6.07) is 5.30. The molecule has 0 aliphatic carbocycles. The van der Waals surface area contributed by atoms with Gasteiger partial charge < -0.3 is 15.3 Å². The van der Waals surface area contributed by atoms with Crippen molar-refractivity contribution in [3.05, 3.63) is 28.2 Å². The van der Waals surface area contributed by atoms with Gasteiger partial charge in [-0.3, -0.25) is 0 Å². The van der Waals surface area contributed by atoms with Crippen LogP contribution in [0.25, 0.3) is 0 Å². The lowest BCUT2D eigenvalue weighted by Gasteiger charge is -2.29. The molecule has 0 bridgehead atoms. The Hall–Kier alpha value is -1.07. The summed E-state index contributed by atoms with van der Waals surface area (Å²) in [5, 5.41) is 12.2. The highest BCUT2D eigenvalue weighted by molar-refractivity contribution is 9.10. The molecule has 0 amide bonds. The number of nitrogens with one attached hydrogen (secondary N) is 1. The van der Waals surface area contributed by atoms with Crippen LogP contribution in [0.1, 0.15) is 10.4 Å². The third kappa shape index (κ3) is 2.54. The van der Waals surface area contributed by atoms with Gasteiger partial charge in [-0.1, -0.05) is 15.9 Å². The zero-order chi connectivity index (χ0) is 11.5. The van der Waals surface area contributed by atoms with E-state index in [2.05, 4.69) is 26.1 Å². The van der Waals surface area contributed by atoms with Gasteiger partial charge >= 0.3 is 5.97 Å². The van der Waals surface area contributed by atoms with Gasteiger partial charge in [0.2, 0.25) is 0 Å². The van der Waals surface area contributed by atoms with Crippen LogP contribution < -0.4 is 10.2 Å². The Morgan fingerprint density at radius 2 is 2.00 bits per heavy atom. The molecule has 1 aromatic rings. The fourth-order valence-electron chi connectivity index (χ4n) is 1.80. The van der Waals surface area contributed by atoms with Crippen LogP contribution in [0.15, 0.2) is 22.7 Å². The Morgan fingerprint density at radius 1 is 1.31 bits per heavy atom. The second kappa shape index (κ2) is 4.84. The Bertz CT molecular complexity index is 403. The van der Waals surface area contributed by atoms with E-state index in [9.17, 15) is 4.79 Å². The molecular weight excluding hydrogens is 272 g/mol. The zero-order valence-electron chi connectivity index (χ0n) is 8.74. The van der Waals surface area contributed by atoms with Gasteiger partial charge in [0.05, 0.1) is 5.56 Å². The summed E-state index contributed by atoms with van der Waals surface area (Å²) in [6.45, 7) is 3.70. The maximum atomic E-state index is 10.9. The molecule has 0 spiro atoms. The van der Waals surface area contributed by atoms with E-state index >= 15 is 0 Å². The van der Waals surface area contributed by atoms with Gasteiger partial charge in [0, 0.05) is 36.3 Å². The van der Waals surface area contributed by atoms with E-state index in [0.29, 0.717) is 5.56 Å². The number of anilines is 1. The summed E-state index contributed by atoms with van der Waals surface area (Å²) >= 11 is 3.34. The molecule has 0 aromatic heterocycles. The van der Waals surface area contributed by atoms with E-state index in [1.165, 1.54) is 0 Å². The number of hydrogen-bond acceptors (Lipinski definition) is 3. The van der Waals surface area contributed by atoms with Crippen molar-refractivity contribution < 1.29 is 9.90 Å². The maximum Gasteiger partial charge on any atom is 0.335 e. The highest BCUT2D eigenvalue weighted by atomic mass is 79.9. The number of nitrogens with zero attached hydrogens (tertiary/aromatic N) is 1. The van der Waals surface area contributed by atoms with Crippen LogP contribution in [0.4, 0.5) is 5.69 Å². The first-order chi connectivity index (χ1) is 7.66. The SMILES string of the molecule is O=C(O)c1cc(Br)cc(N2CCNCC2)c1. The first-order valence-corrected chi connectivity index (χ1v) is 5.95. The third-order valence-electron chi connectivity index (χ3n) is 2.61. The van der Waals surface area contributed by atoms with Gasteiger partial charge in [0.25, 0.3) is 0 Å². The normalized spacial score (nSPS) is 16.2. The fraction of sp³-hybridized carbons (Fsp3) is 0.364. The molecule has 1 aromatic carbocycles. The van der Waals surface area contributed by atoms with E-state index in [1.807, 2.05) is 6.07 Å². The molecule has 0 radical (unpaired) electrons. The quantitative estimate of drug-likeness (QED) is 0.866. The van der Waals surface area contributed by atoms with Crippen molar-refractivity contribution in [2.45, 2.75) is 0 Å². The topological polar surface area (TPSA) is 52.6 Å². The summed E-state index contributed by atoms with van der Waals surface area (Å²) in [5.41, 5.74) is 1.29. The van der Waals surface area contributed by atoms with E-state index < -0.39 is 5.97 Å². The molecule has 0 saturated carbocycles. The monoisotopic (exact) mass is 284 g/mol. The molecule has 4 nitrogen and oxygen atoms in total. The van der Waals surface area contributed by atoms with Gasteiger partial charge in [0.1, 0.15) is 0 Å². The lowest BCUT2D eigenvalue weighted by molar-refractivity contribution is 0.0697. The summed E-state index contributed by atoms with van der Waals surface area (Å²) in [6.07, 6.45) is 0. The number of piperazine rings is 1. The minimum absolute atomic E-state index is 0.322. The van der Waals surface area contributed by atoms with Crippen molar-refractivity contribution in [1.82, 2.24) is 5.32 Å². The minimum Gasteiger partial charge on any atom is -0.478 e. The molecule has 5 heteroatoms. The van der Waals surface area contributed by atoms with Crippen LogP contribution >= 0.6 is 15.9 Å². The molecule has 1 fully saturated rings. The predicted octanol–water partition coefficient (Wildman–Crippen LogP) is 1.56. The van der Waals surface area contributed by atoms with E-state index in [0.717, 1.165) is 36.3 Å². The molecule has 2 rings (SSSR count). The molecule has 1 aliphatic heterocycles. The smallest absolute Gasteiger partial charge is 0.335 e. The molecule has 1 aliphatic rings. The van der Waals surface area contributed by atoms with Crippen LogP contribution in [0.2, 0.25) is 0 Å². The molecule has 16 heavy (non-hydrogen) atoms. The Balaban J connectivity index is 2.28. The van der Waals surface area contributed by atoms with Crippen LogP contribution in [0.5, 0.6) is 0 Å². The first kappa shape index (κ1) is 11.4. The lowest BCUT2D eigenvalue weighted by atomic mass is 10.2. The van der Waals surface area contributed by atoms with E-state index in [4.69, 9.17) is 5.11 Å². The standard InChI is InChI=1S/C11H13BrN2O2/c12-9-5-8(11(15)16)6-10(7-9)14-3-1-13-2-4-14/h5-7,13H,1-4H2,(H,15,16). The van der Waals surface area contributed by atoms with Crippen LogP contribution in [0, 0.1) is 0 Å². The Kier molecular flexibility index (Phi) is 3.46. The number of aromatic carboxylic acids is 1. The Labute approximate surface area is 102 Å². The molecule has 1 saturated heterocycles. The molecule has 0 unspecified atom stereocenters. The predicted molar refractivity (Wildman–Crippen MR) is 66.2 cm³/mol. The Morgan fingerprint density at radius 3 is 2.62 bits per heavy atom.